The third-order valence-electron chi connectivity index (χ3n) is 5.95. The number of thiophene rings is 1. The summed E-state index contributed by atoms with van der Waals surface area (Å²) in [5, 5.41) is 4.53. The fourth-order valence-corrected chi connectivity index (χ4v) is 8.12. The molecule has 0 spiro atoms. The van der Waals surface area contributed by atoms with E-state index in [0.717, 1.165) is 0 Å². The zero-order chi connectivity index (χ0) is 24.9. The molecule has 1 amide bonds. The molecule has 1 N–H and O–H groups in total. The van der Waals surface area contributed by atoms with Crippen molar-refractivity contribution in [1.82, 2.24) is 13.9 Å². The Morgan fingerprint density at radius 1 is 1.03 bits per heavy atom. The van der Waals surface area contributed by atoms with Crippen molar-refractivity contribution in [3.63, 3.8) is 0 Å². The molecule has 1 atom stereocenters. The van der Waals surface area contributed by atoms with Gasteiger partial charge in [0.2, 0.25) is 15.9 Å². The number of amides is 1. The van der Waals surface area contributed by atoms with Crippen molar-refractivity contribution in [3.05, 3.63) is 41.8 Å². The van der Waals surface area contributed by atoms with Crippen LogP contribution in [0.25, 0.3) is 0 Å². The fraction of sp³-hybridized carbons (Fsp3) is 0.500. The first-order valence-corrected chi connectivity index (χ1v) is 15.2. The number of hydrogen-bond donors (Lipinski definition) is 1. The number of piperidine rings is 1. The van der Waals surface area contributed by atoms with Crippen LogP contribution in [0, 0.1) is 5.92 Å². The molecule has 1 aromatic carbocycles. The van der Waals surface area contributed by atoms with Gasteiger partial charge < -0.3 is 14.8 Å². The summed E-state index contributed by atoms with van der Waals surface area (Å²) < 4.78 is 64.8. The summed E-state index contributed by atoms with van der Waals surface area (Å²) in [6, 6.07) is 9.45. The molecular formula is C22H29N3O7S3. The molecule has 0 radical (unpaired) electrons. The van der Waals surface area contributed by atoms with Crippen LogP contribution in [0.3, 0.4) is 0 Å². The second kappa shape index (κ2) is 11.4. The van der Waals surface area contributed by atoms with Gasteiger partial charge in [-0.05, 0) is 48.6 Å². The highest BCUT2D eigenvalue weighted by Crippen LogP contribution is 2.26. The smallest absolute Gasteiger partial charge is 0.252 e. The van der Waals surface area contributed by atoms with E-state index in [9.17, 15) is 21.6 Å². The van der Waals surface area contributed by atoms with Gasteiger partial charge in [0.1, 0.15) is 16.6 Å². The number of morpholine rings is 1. The molecule has 0 saturated carbocycles. The first kappa shape index (κ1) is 26.0. The van der Waals surface area contributed by atoms with Crippen molar-refractivity contribution in [2.75, 3.05) is 52.5 Å². The molecule has 2 fully saturated rings. The van der Waals surface area contributed by atoms with Crippen LogP contribution in [0.2, 0.25) is 0 Å². The molecule has 2 aliphatic heterocycles. The first-order valence-electron chi connectivity index (χ1n) is 11.4. The van der Waals surface area contributed by atoms with Gasteiger partial charge in [0.15, 0.2) is 0 Å². The van der Waals surface area contributed by atoms with Gasteiger partial charge in [0.25, 0.3) is 10.0 Å². The number of benzene rings is 1. The summed E-state index contributed by atoms with van der Waals surface area (Å²) in [5.74, 6) is -0.124. The van der Waals surface area contributed by atoms with Gasteiger partial charge in [-0.15, -0.1) is 11.3 Å². The van der Waals surface area contributed by atoms with Crippen molar-refractivity contribution < 1.29 is 31.1 Å². The zero-order valence-corrected chi connectivity index (χ0v) is 21.6. The fourth-order valence-electron chi connectivity index (χ4n) is 4.04. The topological polar surface area (TPSA) is 122 Å². The molecular weight excluding hydrogens is 514 g/mol. The number of sulfonamides is 2. The van der Waals surface area contributed by atoms with E-state index in [2.05, 4.69) is 5.32 Å². The van der Waals surface area contributed by atoms with Crippen LogP contribution >= 0.6 is 11.3 Å². The highest BCUT2D eigenvalue weighted by molar-refractivity contribution is 7.91. The van der Waals surface area contributed by atoms with E-state index in [0.29, 0.717) is 51.4 Å². The van der Waals surface area contributed by atoms with E-state index < -0.39 is 26.0 Å². The summed E-state index contributed by atoms with van der Waals surface area (Å²) in [5.41, 5.74) is 0. The Hall–Kier alpha value is -2.03. The Bertz CT molecular complexity index is 1190. The minimum Gasteiger partial charge on any atom is -0.492 e. The maximum Gasteiger partial charge on any atom is 0.252 e. The second-order valence-corrected chi connectivity index (χ2v) is 13.3. The first-order chi connectivity index (χ1) is 16.8. The van der Waals surface area contributed by atoms with E-state index >= 15 is 0 Å². The van der Waals surface area contributed by atoms with E-state index in [1.165, 1.54) is 32.1 Å². The molecule has 2 aromatic rings. The number of hydrogen-bond acceptors (Lipinski definition) is 8. The van der Waals surface area contributed by atoms with E-state index in [4.69, 9.17) is 9.47 Å². The standard InChI is InChI=1S/C22H29N3O7S3/c26-22(18-3-1-10-25(17-18)35(29,30)21-4-2-16-33-21)23-9-13-32-19-5-7-20(8-6-19)34(27,28)24-11-14-31-15-12-24/h2,4-8,16,18H,1,3,9-15,17H2,(H,23,26)/t18-/m1/s1. The molecule has 35 heavy (non-hydrogen) atoms. The van der Waals surface area contributed by atoms with Gasteiger partial charge in [-0.25, -0.2) is 16.8 Å². The molecule has 10 nitrogen and oxygen atoms in total. The Morgan fingerprint density at radius 3 is 2.46 bits per heavy atom. The predicted octanol–water partition coefficient (Wildman–Crippen LogP) is 1.36. The largest absolute Gasteiger partial charge is 0.492 e. The number of carbonyl (C=O) groups excluding carboxylic acids is 1. The van der Waals surface area contributed by atoms with Crippen LogP contribution in [-0.4, -0.2) is 83.9 Å². The zero-order valence-electron chi connectivity index (χ0n) is 19.2. The molecule has 4 rings (SSSR count). The molecule has 0 bridgehead atoms. The molecule has 2 saturated heterocycles. The lowest BCUT2D eigenvalue weighted by Gasteiger charge is -2.30. The monoisotopic (exact) mass is 543 g/mol. The number of carbonyl (C=O) groups is 1. The minimum atomic E-state index is -3.57. The van der Waals surface area contributed by atoms with Gasteiger partial charge in [0.05, 0.1) is 30.6 Å². The summed E-state index contributed by atoms with van der Waals surface area (Å²) >= 11 is 1.17. The highest BCUT2D eigenvalue weighted by Gasteiger charge is 2.33. The lowest BCUT2D eigenvalue weighted by atomic mass is 9.99. The van der Waals surface area contributed by atoms with Crippen molar-refractivity contribution in [1.29, 1.82) is 0 Å². The van der Waals surface area contributed by atoms with Crippen molar-refractivity contribution in [2.24, 2.45) is 5.92 Å². The summed E-state index contributed by atoms with van der Waals surface area (Å²) in [7, 11) is -7.14. The van der Waals surface area contributed by atoms with Crippen molar-refractivity contribution in [3.8, 4) is 5.75 Å². The molecule has 1 aromatic heterocycles. The Labute approximate surface area is 209 Å². The van der Waals surface area contributed by atoms with Crippen LogP contribution < -0.4 is 10.1 Å². The molecule has 2 aliphatic rings. The van der Waals surface area contributed by atoms with E-state index in [1.54, 1.807) is 29.6 Å². The van der Waals surface area contributed by atoms with Crippen LogP contribution in [0.1, 0.15) is 12.8 Å². The number of nitrogens with one attached hydrogen (secondary N) is 1. The maximum absolute atomic E-state index is 12.7. The number of nitrogens with zero attached hydrogens (tertiary/aromatic N) is 2. The third kappa shape index (κ3) is 6.22. The summed E-state index contributed by atoms with van der Waals surface area (Å²) in [6.45, 7) is 2.45. The van der Waals surface area contributed by atoms with Crippen molar-refractivity contribution in [2.45, 2.75) is 21.9 Å². The molecule has 192 valence electrons. The summed E-state index contributed by atoms with van der Waals surface area (Å²) in [4.78, 5) is 12.8. The maximum atomic E-state index is 12.7. The van der Waals surface area contributed by atoms with Gasteiger partial charge in [-0.3, -0.25) is 4.79 Å². The molecule has 3 heterocycles. The Morgan fingerprint density at radius 2 is 1.77 bits per heavy atom. The Balaban J connectivity index is 1.23. The average Bonchev–Trinajstić information content (AvgIpc) is 3.44. The lowest BCUT2D eigenvalue weighted by Crippen LogP contribution is -2.45. The van der Waals surface area contributed by atoms with Gasteiger partial charge >= 0.3 is 0 Å². The number of rotatable bonds is 9. The van der Waals surface area contributed by atoms with Crippen LogP contribution in [0.4, 0.5) is 0 Å². The third-order valence-corrected chi connectivity index (χ3v) is 11.1. The second-order valence-electron chi connectivity index (χ2n) is 8.26. The lowest BCUT2D eigenvalue weighted by molar-refractivity contribution is -0.126. The Kier molecular flexibility index (Phi) is 8.45. The molecule has 13 heteroatoms. The van der Waals surface area contributed by atoms with E-state index in [1.807, 2.05) is 0 Å². The highest BCUT2D eigenvalue weighted by atomic mass is 32.2. The normalized spacial score (nSPS) is 20.4. The predicted molar refractivity (Wildman–Crippen MR) is 130 cm³/mol. The molecule has 0 aliphatic carbocycles. The van der Waals surface area contributed by atoms with Gasteiger partial charge in [-0.1, -0.05) is 6.07 Å². The van der Waals surface area contributed by atoms with Crippen LogP contribution in [0.5, 0.6) is 5.75 Å². The SMILES string of the molecule is O=C(NCCOc1ccc(S(=O)(=O)N2CCOCC2)cc1)[C@@H]1CCCN(S(=O)(=O)c2cccs2)C1. The average molecular weight is 544 g/mol. The van der Waals surface area contributed by atoms with Gasteiger partial charge in [0, 0.05) is 26.2 Å². The number of ether oxygens (including phenoxy) is 2. The van der Waals surface area contributed by atoms with Crippen LogP contribution in [0.15, 0.2) is 50.9 Å². The molecule has 0 unspecified atom stereocenters. The summed E-state index contributed by atoms with van der Waals surface area (Å²) in [6.07, 6.45) is 1.25. The van der Waals surface area contributed by atoms with Crippen LogP contribution in [-0.2, 0) is 29.6 Å². The quantitative estimate of drug-likeness (QED) is 0.474. The minimum absolute atomic E-state index is 0.159. The van der Waals surface area contributed by atoms with Crippen molar-refractivity contribution >= 4 is 37.3 Å². The van der Waals surface area contributed by atoms with Gasteiger partial charge in [-0.2, -0.15) is 8.61 Å². The van der Waals surface area contributed by atoms with E-state index in [-0.39, 0.29) is 34.7 Å².